The molecule has 2 N–H and O–H groups in total. The first-order chi connectivity index (χ1) is 14.6. The van der Waals surface area contributed by atoms with E-state index in [9.17, 15) is 13.6 Å². The Morgan fingerprint density at radius 3 is 2.53 bits per heavy atom. The van der Waals surface area contributed by atoms with Crippen molar-refractivity contribution in [1.82, 2.24) is 14.9 Å². The molecule has 1 saturated heterocycles. The number of benzene rings is 2. The van der Waals surface area contributed by atoms with Gasteiger partial charge in [-0.2, -0.15) is 4.98 Å². The van der Waals surface area contributed by atoms with Gasteiger partial charge in [0.05, 0.1) is 19.4 Å². The zero-order valence-corrected chi connectivity index (χ0v) is 15.9. The molecule has 1 amide bonds. The van der Waals surface area contributed by atoms with Crippen LogP contribution in [0.25, 0.3) is 0 Å². The summed E-state index contributed by atoms with van der Waals surface area (Å²) >= 11 is 0. The van der Waals surface area contributed by atoms with Gasteiger partial charge >= 0.3 is 0 Å². The van der Waals surface area contributed by atoms with Gasteiger partial charge in [0.2, 0.25) is 5.95 Å². The molecule has 0 radical (unpaired) electrons. The minimum atomic E-state index is -0.652. The minimum absolute atomic E-state index is 0.0559. The standard InChI is InChI=1S/C21H19F2N5O2/c22-15-4-6-16(7-5-15)25-19-18(23)13-24-21(27-19)26-17-3-1-2-14(12-17)20(29)28-8-10-30-11-9-28/h1-7,12-13H,8-11H2,(H2,24,25,26,27). The zero-order chi connectivity index (χ0) is 20.9. The van der Waals surface area contributed by atoms with E-state index >= 15 is 0 Å². The summed E-state index contributed by atoms with van der Waals surface area (Å²) < 4.78 is 32.4. The van der Waals surface area contributed by atoms with Crippen molar-refractivity contribution in [2.24, 2.45) is 0 Å². The van der Waals surface area contributed by atoms with Crippen molar-refractivity contribution in [2.75, 3.05) is 36.9 Å². The Hall–Kier alpha value is -3.59. The Morgan fingerprint density at radius 1 is 1.00 bits per heavy atom. The lowest BCUT2D eigenvalue weighted by Crippen LogP contribution is -2.40. The third-order valence-electron chi connectivity index (χ3n) is 4.52. The van der Waals surface area contributed by atoms with Gasteiger partial charge in [-0.3, -0.25) is 4.79 Å². The second kappa shape index (κ2) is 8.83. The Bertz CT molecular complexity index is 1040. The number of nitrogens with one attached hydrogen (secondary N) is 2. The molecule has 4 rings (SSSR count). The fourth-order valence-electron chi connectivity index (χ4n) is 2.99. The van der Waals surface area contributed by atoms with Crippen molar-refractivity contribution >= 4 is 29.0 Å². The average molecular weight is 411 g/mol. The maximum atomic E-state index is 14.1. The highest BCUT2D eigenvalue weighted by Crippen LogP contribution is 2.21. The van der Waals surface area contributed by atoms with Crippen LogP contribution in [0.2, 0.25) is 0 Å². The molecule has 154 valence electrons. The van der Waals surface area contributed by atoms with E-state index in [0.29, 0.717) is 43.2 Å². The van der Waals surface area contributed by atoms with Crippen LogP contribution in [0.4, 0.5) is 31.9 Å². The number of anilines is 4. The van der Waals surface area contributed by atoms with Crippen molar-refractivity contribution in [3.05, 3.63) is 71.9 Å². The number of hydrogen-bond donors (Lipinski definition) is 2. The predicted molar refractivity (Wildman–Crippen MR) is 108 cm³/mol. The molecule has 0 bridgehead atoms. The van der Waals surface area contributed by atoms with Crippen LogP contribution in [0, 0.1) is 11.6 Å². The Balaban J connectivity index is 1.50. The first kappa shape index (κ1) is 19.7. The van der Waals surface area contributed by atoms with E-state index in [1.165, 1.54) is 24.3 Å². The largest absolute Gasteiger partial charge is 0.378 e. The summed E-state index contributed by atoms with van der Waals surface area (Å²) in [6, 6.07) is 12.4. The summed E-state index contributed by atoms with van der Waals surface area (Å²) in [7, 11) is 0. The monoisotopic (exact) mass is 411 g/mol. The molecule has 3 aromatic rings. The van der Waals surface area contributed by atoms with E-state index in [4.69, 9.17) is 4.74 Å². The SMILES string of the molecule is O=C(c1cccc(Nc2ncc(F)c(Nc3ccc(F)cc3)n2)c1)N1CCOCC1. The molecule has 0 atom stereocenters. The van der Waals surface area contributed by atoms with Gasteiger partial charge in [0.15, 0.2) is 11.6 Å². The Morgan fingerprint density at radius 2 is 1.77 bits per heavy atom. The molecular formula is C21H19F2N5O2. The molecule has 0 aliphatic carbocycles. The normalized spacial score (nSPS) is 13.7. The highest BCUT2D eigenvalue weighted by atomic mass is 19.1. The van der Waals surface area contributed by atoms with E-state index in [1.54, 1.807) is 29.2 Å². The third kappa shape index (κ3) is 4.69. The minimum Gasteiger partial charge on any atom is -0.378 e. The number of carbonyl (C=O) groups is 1. The van der Waals surface area contributed by atoms with Crippen LogP contribution in [0.1, 0.15) is 10.4 Å². The van der Waals surface area contributed by atoms with Gasteiger partial charge in [-0.25, -0.2) is 13.8 Å². The fraction of sp³-hybridized carbons (Fsp3) is 0.190. The van der Waals surface area contributed by atoms with Gasteiger partial charge in [0, 0.05) is 30.0 Å². The lowest BCUT2D eigenvalue weighted by Gasteiger charge is -2.27. The van der Waals surface area contributed by atoms with Crippen molar-refractivity contribution < 1.29 is 18.3 Å². The van der Waals surface area contributed by atoms with E-state index in [1.807, 2.05) is 0 Å². The van der Waals surface area contributed by atoms with Crippen LogP contribution in [-0.2, 0) is 4.74 Å². The maximum absolute atomic E-state index is 14.1. The first-order valence-electron chi connectivity index (χ1n) is 9.38. The van der Waals surface area contributed by atoms with Gasteiger partial charge in [0.25, 0.3) is 5.91 Å². The van der Waals surface area contributed by atoms with Crippen LogP contribution < -0.4 is 10.6 Å². The van der Waals surface area contributed by atoms with Gasteiger partial charge < -0.3 is 20.3 Å². The molecule has 1 aromatic heterocycles. The number of ether oxygens (including phenoxy) is 1. The molecule has 2 aromatic carbocycles. The molecule has 0 saturated carbocycles. The number of nitrogens with zero attached hydrogens (tertiary/aromatic N) is 3. The van der Waals surface area contributed by atoms with Gasteiger partial charge in [0.1, 0.15) is 5.82 Å². The predicted octanol–water partition coefficient (Wildman–Crippen LogP) is 3.71. The fourth-order valence-corrected chi connectivity index (χ4v) is 2.99. The van der Waals surface area contributed by atoms with Gasteiger partial charge in [-0.1, -0.05) is 6.07 Å². The van der Waals surface area contributed by atoms with Crippen molar-refractivity contribution in [2.45, 2.75) is 0 Å². The zero-order valence-electron chi connectivity index (χ0n) is 15.9. The molecule has 1 fully saturated rings. The summed E-state index contributed by atoms with van der Waals surface area (Å²) in [6.45, 7) is 2.15. The Labute approximate surface area is 171 Å². The highest BCUT2D eigenvalue weighted by Gasteiger charge is 2.18. The molecule has 0 unspecified atom stereocenters. The molecular weight excluding hydrogens is 392 g/mol. The number of rotatable bonds is 5. The molecule has 1 aliphatic rings. The lowest BCUT2D eigenvalue weighted by atomic mass is 10.1. The summed E-state index contributed by atoms with van der Waals surface area (Å²) in [5.41, 5.74) is 1.60. The topological polar surface area (TPSA) is 79.4 Å². The van der Waals surface area contributed by atoms with E-state index in [-0.39, 0.29) is 17.7 Å². The van der Waals surface area contributed by atoms with Crippen molar-refractivity contribution in [3.63, 3.8) is 0 Å². The number of morpholine rings is 1. The molecule has 30 heavy (non-hydrogen) atoms. The number of carbonyl (C=O) groups excluding carboxylic acids is 1. The number of halogens is 2. The van der Waals surface area contributed by atoms with E-state index < -0.39 is 11.6 Å². The average Bonchev–Trinajstić information content (AvgIpc) is 2.78. The van der Waals surface area contributed by atoms with Crippen LogP contribution in [0.5, 0.6) is 0 Å². The summed E-state index contributed by atoms with van der Waals surface area (Å²) in [4.78, 5) is 22.5. The summed E-state index contributed by atoms with van der Waals surface area (Å²) in [5, 5.41) is 5.77. The highest BCUT2D eigenvalue weighted by molar-refractivity contribution is 5.95. The van der Waals surface area contributed by atoms with Crippen LogP contribution in [0.3, 0.4) is 0 Å². The second-order valence-electron chi connectivity index (χ2n) is 6.63. The number of hydrogen-bond acceptors (Lipinski definition) is 6. The molecule has 0 spiro atoms. The van der Waals surface area contributed by atoms with Crippen molar-refractivity contribution in [3.8, 4) is 0 Å². The first-order valence-corrected chi connectivity index (χ1v) is 9.38. The smallest absolute Gasteiger partial charge is 0.254 e. The number of aromatic nitrogens is 2. The lowest BCUT2D eigenvalue weighted by molar-refractivity contribution is 0.0303. The quantitative estimate of drug-likeness (QED) is 0.666. The molecule has 2 heterocycles. The van der Waals surface area contributed by atoms with Crippen LogP contribution in [0.15, 0.2) is 54.7 Å². The van der Waals surface area contributed by atoms with E-state index in [0.717, 1.165) is 6.20 Å². The summed E-state index contributed by atoms with van der Waals surface area (Å²) in [5.74, 6) is -1.03. The van der Waals surface area contributed by atoms with Crippen molar-refractivity contribution in [1.29, 1.82) is 0 Å². The van der Waals surface area contributed by atoms with Crippen LogP contribution in [-0.4, -0.2) is 47.1 Å². The maximum Gasteiger partial charge on any atom is 0.254 e. The molecule has 9 heteroatoms. The van der Waals surface area contributed by atoms with E-state index in [2.05, 4.69) is 20.6 Å². The van der Waals surface area contributed by atoms with Crippen LogP contribution >= 0.6 is 0 Å². The third-order valence-corrected chi connectivity index (χ3v) is 4.52. The Kier molecular flexibility index (Phi) is 5.80. The molecule has 7 nitrogen and oxygen atoms in total. The number of amides is 1. The van der Waals surface area contributed by atoms with Gasteiger partial charge in [-0.15, -0.1) is 0 Å². The summed E-state index contributed by atoms with van der Waals surface area (Å²) in [6.07, 6.45) is 1.03. The van der Waals surface area contributed by atoms with Gasteiger partial charge in [-0.05, 0) is 42.5 Å². The molecule has 1 aliphatic heterocycles. The second-order valence-corrected chi connectivity index (χ2v) is 6.63.